The van der Waals surface area contributed by atoms with Crippen molar-refractivity contribution in [2.45, 2.75) is 0 Å². The molecule has 12 heavy (non-hydrogen) atoms. The number of thiophene rings is 2. The average Bonchev–Trinajstić information content (AvgIpc) is 2.53. The number of amides is 1. The molecule has 0 spiro atoms. The zero-order chi connectivity index (χ0) is 8.72. The normalized spacial score (nSPS) is 10.8. The summed E-state index contributed by atoms with van der Waals surface area (Å²) in [6.07, 6.45) is 0. The Labute approximate surface area is 81.6 Å². The number of primary amides is 1. The van der Waals surface area contributed by atoms with Crippen molar-refractivity contribution in [2.75, 3.05) is 0 Å². The van der Waals surface area contributed by atoms with Gasteiger partial charge in [0.15, 0.2) is 0 Å². The molecule has 0 fully saturated rings. The lowest BCUT2D eigenvalue weighted by Crippen LogP contribution is -2.09. The maximum absolute atomic E-state index is 10.9. The van der Waals surface area contributed by atoms with Crippen molar-refractivity contribution in [1.82, 2.24) is 0 Å². The first kappa shape index (κ1) is 8.04. The van der Waals surface area contributed by atoms with Crippen LogP contribution in [0.15, 0.2) is 10.8 Å². The highest BCUT2D eigenvalue weighted by atomic mass is 35.5. The number of hydrogen-bond acceptors (Lipinski definition) is 3. The molecule has 0 unspecified atom stereocenters. The van der Waals surface area contributed by atoms with Gasteiger partial charge in [0, 0.05) is 16.1 Å². The van der Waals surface area contributed by atoms with E-state index in [9.17, 15) is 4.79 Å². The van der Waals surface area contributed by atoms with Crippen LogP contribution in [0.5, 0.6) is 0 Å². The Bertz CT molecular complexity index is 445. The molecule has 62 valence electrons. The molecule has 5 heteroatoms. The minimum Gasteiger partial charge on any atom is -0.366 e. The molecule has 0 aliphatic carbocycles. The highest BCUT2D eigenvalue weighted by Crippen LogP contribution is 2.36. The van der Waals surface area contributed by atoms with Crippen molar-refractivity contribution in [3.8, 4) is 0 Å². The first-order valence-electron chi connectivity index (χ1n) is 3.14. The second-order valence-corrected chi connectivity index (χ2v) is 4.68. The second-order valence-electron chi connectivity index (χ2n) is 2.26. The van der Waals surface area contributed by atoms with Gasteiger partial charge in [-0.15, -0.1) is 22.7 Å². The van der Waals surface area contributed by atoms with Gasteiger partial charge in [-0.1, -0.05) is 11.6 Å². The van der Waals surface area contributed by atoms with Crippen LogP contribution in [0.2, 0.25) is 5.02 Å². The predicted molar refractivity (Wildman–Crippen MR) is 53.2 cm³/mol. The Kier molecular flexibility index (Phi) is 1.83. The van der Waals surface area contributed by atoms with Crippen LogP contribution in [-0.2, 0) is 0 Å². The molecular formula is C7H4ClNOS2. The molecule has 0 aromatic carbocycles. The van der Waals surface area contributed by atoms with E-state index in [2.05, 4.69) is 0 Å². The summed E-state index contributed by atoms with van der Waals surface area (Å²) in [6, 6.07) is 0. The summed E-state index contributed by atoms with van der Waals surface area (Å²) < 4.78 is 1.05. The lowest BCUT2D eigenvalue weighted by atomic mass is 10.2. The minimum absolute atomic E-state index is 0.415. The zero-order valence-electron chi connectivity index (χ0n) is 5.83. The van der Waals surface area contributed by atoms with Crippen LogP contribution < -0.4 is 5.73 Å². The molecule has 0 bridgehead atoms. The van der Waals surface area contributed by atoms with Gasteiger partial charge in [0.1, 0.15) is 0 Å². The quantitative estimate of drug-likeness (QED) is 0.784. The molecule has 0 saturated heterocycles. The van der Waals surface area contributed by atoms with E-state index >= 15 is 0 Å². The van der Waals surface area contributed by atoms with E-state index < -0.39 is 5.91 Å². The summed E-state index contributed by atoms with van der Waals surface area (Å²) in [4.78, 5) is 10.9. The molecule has 0 saturated carbocycles. The third kappa shape index (κ3) is 1.03. The van der Waals surface area contributed by atoms with Gasteiger partial charge >= 0.3 is 0 Å². The summed E-state index contributed by atoms with van der Waals surface area (Å²) >= 11 is 8.90. The molecule has 2 rings (SSSR count). The molecule has 1 amide bonds. The lowest BCUT2D eigenvalue weighted by molar-refractivity contribution is 0.100. The van der Waals surface area contributed by atoms with E-state index in [0.717, 1.165) is 9.40 Å². The highest BCUT2D eigenvalue weighted by molar-refractivity contribution is 7.37. The zero-order valence-corrected chi connectivity index (χ0v) is 8.22. The molecule has 0 aliphatic heterocycles. The smallest absolute Gasteiger partial charge is 0.250 e. The standard InChI is InChI=1S/C7H4ClNOS2/c8-4-2-12-7-5(4)3(1-11-7)6(9)10/h1-2H,(H2,9,10). The van der Waals surface area contributed by atoms with E-state index in [1.807, 2.05) is 5.38 Å². The van der Waals surface area contributed by atoms with Crippen molar-refractivity contribution < 1.29 is 4.79 Å². The third-order valence-corrected chi connectivity index (χ3v) is 4.08. The van der Waals surface area contributed by atoms with Gasteiger partial charge < -0.3 is 5.73 Å². The van der Waals surface area contributed by atoms with E-state index in [1.165, 1.54) is 22.7 Å². The van der Waals surface area contributed by atoms with Gasteiger partial charge in [0.05, 0.1) is 14.6 Å². The molecule has 2 aromatic rings. The fourth-order valence-electron chi connectivity index (χ4n) is 0.999. The van der Waals surface area contributed by atoms with Gasteiger partial charge in [0.2, 0.25) is 5.91 Å². The topological polar surface area (TPSA) is 43.1 Å². The number of carbonyl (C=O) groups is 1. The Hall–Kier alpha value is -0.580. The van der Waals surface area contributed by atoms with Crippen molar-refractivity contribution in [1.29, 1.82) is 0 Å². The first-order chi connectivity index (χ1) is 5.70. The third-order valence-electron chi connectivity index (χ3n) is 1.53. The molecule has 2 heterocycles. The molecule has 0 radical (unpaired) electrons. The number of halogens is 1. The van der Waals surface area contributed by atoms with E-state index in [-0.39, 0.29) is 0 Å². The Morgan fingerprint density at radius 3 is 2.75 bits per heavy atom. The van der Waals surface area contributed by atoms with Crippen LogP contribution in [-0.4, -0.2) is 5.91 Å². The van der Waals surface area contributed by atoms with Gasteiger partial charge in [-0.25, -0.2) is 0 Å². The molecule has 2 nitrogen and oxygen atoms in total. The highest BCUT2D eigenvalue weighted by Gasteiger charge is 2.13. The van der Waals surface area contributed by atoms with Crippen LogP contribution in [0.4, 0.5) is 0 Å². The summed E-state index contributed by atoms with van der Waals surface area (Å²) in [6.45, 7) is 0. The maximum Gasteiger partial charge on any atom is 0.250 e. The summed E-state index contributed by atoms with van der Waals surface area (Å²) in [5, 5.41) is 4.98. The number of hydrogen-bond donors (Lipinski definition) is 1. The van der Waals surface area contributed by atoms with Crippen molar-refractivity contribution in [3.63, 3.8) is 0 Å². The number of nitrogens with two attached hydrogens (primary N) is 1. The summed E-state index contributed by atoms with van der Waals surface area (Å²) in [5.41, 5.74) is 5.70. The largest absolute Gasteiger partial charge is 0.366 e. The lowest BCUT2D eigenvalue weighted by Gasteiger charge is -1.88. The number of carbonyl (C=O) groups excluding carboxylic acids is 1. The van der Waals surface area contributed by atoms with Gasteiger partial charge in [-0.2, -0.15) is 0 Å². The Balaban J connectivity index is 2.83. The molecular weight excluding hydrogens is 214 g/mol. The summed E-state index contributed by atoms with van der Waals surface area (Å²) in [5.74, 6) is -0.415. The van der Waals surface area contributed by atoms with E-state index in [4.69, 9.17) is 17.3 Å². The molecule has 2 aromatic heterocycles. The Morgan fingerprint density at radius 2 is 2.08 bits per heavy atom. The predicted octanol–water partition coefficient (Wildman–Crippen LogP) is 2.72. The maximum atomic E-state index is 10.9. The van der Waals surface area contributed by atoms with Crippen LogP contribution in [0.25, 0.3) is 9.40 Å². The SMILES string of the molecule is NC(=O)c1csc2scc(Cl)c12. The van der Waals surface area contributed by atoms with Gasteiger partial charge in [-0.3, -0.25) is 4.79 Å². The van der Waals surface area contributed by atoms with Gasteiger partial charge in [0.25, 0.3) is 0 Å². The first-order valence-corrected chi connectivity index (χ1v) is 5.28. The monoisotopic (exact) mass is 217 g/mol. The fraction of sp³-hybridized carbons (Fsp3) is 0. The van der Waals surface area contributed by atoms with Crippen LogP contribution in [0.3, 0.4) is 0 Å². The van der Waals surface area contributed by atoms with Gasteiger partial charge in [-0.05, 0) is 0 Å². The van der Waals surface area contributed by atoms with E-state index in [0.29, 0.717) is 10.6 Å². The summed E-state index contributed by atoms with van der Waals surface area (Å²) in [7, 11) is 0. The second kappa shape index (κ2) is 2.73. The van der Waals surface area contributed by atoms with Crippen molar-refractivity contribution >= 4 is 49.6 Å². The Morgan fingerprint density at radius 1 is 1.42 bits per heavy atom. The number of rotatable bonds is 1. The molecule has 0 aliphatic rings. The molecule has 2 N–H and O–H groups in total. The fourth-order valence-corrected chi connectivity index (χ4v) is 3.41. The van der Waals surface area contributed by atoms with Crippen molar-refractivity contribution in [2.24, 2.45) is 5.73 Å². The van der Waals surface area contributed by atoms with Crippen LogP contribution in [0, 0.1) is 0 Å². The average molecular weight is 218 g/mol. The van der Waals surface area contributed by atoms with Crippen LogP contribution >= 0.6 is 34.3 Å². The van der Waals surface area contributed by atoms with E-state index in [1.54, 1.807) is 5.38 Å². The van der Waals surface area contributed by atoms with Crippen LogP contribution in [0.1, 0.15) is 10.4 Å². The molecule has 0 atom stereocenters. The van der Waals surface area contributed by atoms with Crippen molar-refractivity contribution in [3.05, 3.63) is 21.3 Å². The number of fused-ring (bicyclic) bond motifs is 1. The minimum atomic E-state index is -0.415.